The Labute approximate surface area is 161 Å². The normalized spacial score (nSPS) is 10.2. The van der Waals surface area contributed by atoms with E-state index in [1.165, 1.54) is 0 Å². The van der Waals surface area contributed by atoms with E-state index in [1.807, 2.05) is 24.3 Å². The molecule has 138 valence electrons. The smallest absolute Gasteiger partial charge is 0.287 e. The number of hydrogen-bond acceptors (Lipinski definition) is 5. The van der Waals surface area contributed by atoms with Gasteiger partial charge >= 0.3 is 0 Å². The fourth-order valence-corrected chi connectivity index (χ4v) is 2.32. The van der Waals surface area contributed by atoms with E-state index in [0.29, 0.717) is 25.5 Å². The van der Waals surface area contributed by atoms with E-state index in [2.05, 4.69) is 26.6 Å². The van der Waals surface area contributed by atoms with Gasteiger partial charge in [0.15, 0.2) is 5.76 Å². The van der Waals surface area contributed by atoms with Gasteiger partial charge in [0.2, 0.25) is 0 Å². The highest BCUT2D eigenvalue weighted by Crippen LogP contribution is 2.19. The molecule has 0 saturated carbocycles. The van der Waals surface area contributed by atoms with Crippen LogP contribution in [0.1, 0.15) is 16.3 Å². The number of ether oxygens (including phenoxy) is 2. The molecule has 2 aromatic rings. The Hall–Kier alpha value is -1.54. The average Bonchev–Trinajstić information content (AvgIpc) is 3.05. The molecule has 1 amide bonds. The molecule has 0 fully saturated rings. The molecular formula is C17H22BrClN2O4. The Morgan fingerprint density at radius 3 is 2.80 bits per heavy atom. The maximum Gasteiger partial charge on any atom is 0.287 e. The molecule has 0 spiro atoms. The third kappa shape index (κ3) is 7.92. The molecule has 25 heavy (non-hydrogen) atoms. The van der Waals surface area contributed by atoms with Gasteiger partial charge in [-0.2, -0.15) is 0 Å². The van der Waals surface area contributed by atoms with E-state index in [9.17, 15) is 4.79 Å². The summed E-state index contributed by atoms with van der Waals surface area (Å²) in [7, 11) is 1.65. The van der Waals surface area contributed by atoms with Crippen LogP contribution in [0.5, 0.6) is 5.75 Å². The molecule has 0 atom stereocenters. The Bertz CT molecular complexity index is 651. The third-order valence-corrected chi connectivity index (χ3v) is 3.63. The molecule has 0 unspecified atom stereocenters. The molecule has 8 heteroatoms. The van der Waals surface area contributed by atoms with Gasteiger partial charge < -0.3 is 24.5 Å². The number of halogens is 2. The van der Waals surface area contributed by atoms with Crippen LogP contribution in [0, 0.1) is 0 Å². The molecule has 1 aromatic heterocycles. The maximum absolute atomic E-state index is 12.0. The zero-order chi connectivity index (χ0) is 17.2. The fraction of sp³-hybridized carbons (Fsp3) is 0.353. The second-order valence-electron chi connectivity index (χ2n) is 5.01. The molecule has 0 radical (unpaired) electrons. The van der Waals surface area contributed by atoms with E-state index < -0.39 is 0 Å². The highest BCUT2D eigenvalue weighted by atomic mass is 79.9. The number of benzene rings is 1. The van der Waals surface area contributed by atoms with Crippen molar-refractivity contribution in [1.29, 1.82) is 0 Å². The third-order valence-electron chi connectivity index (χ3n) is 3.13. The van der Waals surface area contributed by atoms with Gasteiger partial charge in [0.05, 0.1) is 6.61 Å². The van der Waals surface area contributed by atoms with E-state index in [-0.39, 0.29) is 30.7 Å². The lowest BCUT2D eigenvalue weighted by atomic mass is 10.3. The second kappa shape index (κ2) is 11.9. The first-order chi connectivity index (χ1) is 11.7. The minimum Gasteiger partial charge on any atom is -0.486 e. The predicted molar refractivity (Wildman–Crippen MR) is 102 cm³/mol. The summed E-state index contributed by atoms with van der Waals surface area (Å²) in [6, 6.07) is 10.9. The number of hydrogen-bond donors (Lipinski definition) is 2. The predicted octanol–water partition coefficient (Wildman–Crippen LogP) is 3.01. The topological polar surface area (TPSA) is 72.7 Å². The average molecular weight is 434 g/mol. The van der Waals surface area contributed by atoms with Gasteiger partial charge in [-0.25, -0.2) is 0 Å². The van der Waals surface area contributed by atoms with Crippen LogP contribution in [0.15, 0.2) is 45.3 Å². The molecule has 0 aliphatic heterocycles. The summed E-state index contributed by atoms with van der Waals surface area (Å²) < 4.78 is 17.0. The lowest BCUT2D eigenvalue weighted by Gasteiger charge is -2.05. The van der Waals surface area contributed by atoms with Gasteiger partial charge in [-0.15, -0.1) is 12.4 Å². The van der Waals surface area contributed by atoms with Crippen molar-refractivity contribution < 1.29 is 18.7 Å². The number of carbonyl (C=O) groups excluding carboxylic acids is 1. The summed E-state index contributed by atoms with van der Waals surface area (Å²) in [5.74, 6) is 1.37. The van der Waals surface area contributed by atoms with Crippen molar-refractivity contribution in [2.45, 2.75) is 6.61 Å². The van der Waals surface area contributed by atoms with Crippen LogP contribution in [0.25, 0.3) is 0 Å². The monoisotopic (exact) mass is 432 g/mol. The van der Waals surface area contributed by atoms with Gasteiger partial charge in [0, 0.05) is 31.2 Å². The minimum atomic E-state index is -0.239. The van der Waals surface area contributed by atoms with E-state index in [1.54, 1.807) is 19.2 Å². The van der Waals surface area contributed by atoms with Crippen LogP contribution in [0.4, 0.5) is 0 Å². The lowest BCUT2D eigenvalue weighted by Crippen LogP contribution is -2.32. The SMILES string of the molecule is COCCNCCNC(=O)c1ccc(COc2cccc(Br)c2)o1.Cl. The Balaban J connectivity index is 0.00000312. The number of amides is 1. The van der Waals surface area contributed by atoms with E-state index >= 15 is 0 Å². The quantitative estimate of drug-likeness (QED) is 0.564. The number of rotatable bonds is 10. The molecule has 1 aromatic carbocycles. The minimum absolute atomic E-state index is 0. The van der Waals surface area contributed by atoms with Crippen LogP contribution in [0.2, 0.25) is 0 Å². The first kappa shape index (κ1) is 21.5. The van der Waals surface area contributed by atoms with Crippen molar-refractivity contribution in [3.8, 4) is 5.75 Å². The van der Waals surface area contributed by atoms with Crippen molar-refractivity contribution in [1.82, 2.24) is 10.6 Å². The molecule has 1 heterocycles. The molecule has 6 nitrogen and oxygen atoms in total. The van der Waals surface area contributed by atoms with Crippen molar-refractivity contribution in [3.63, 3.8) is 0 Å². The van der Waals surface area contributed by atoms with Crippen LogP contribution >= 0.6 is 28.3 Å². The number of carbonyl (C=O) groups is 1. The van der Waals surface area contributed by atoms with Crippen molar-refractivity contribution >= 4 is 34.2 Å². The van der Waals surface area contributed by atoms with Crippen LogP contribution in [-0.2, 0) is 11.3 Å². The van der Waals surface area contributed by atoms with E-state index in [0.717, 1.165) is 16.8 Å². The van der Waals surface area contributed by atoms with Gasteiger partial charge in [-0.1, -0.05) is 22.0 Å². The first-order valence-corrected chi connectivity index (χ1v) is 8.43. The summed E-state index contributed by atoms with van der Waals surface area (Å²) >= 11 is 3.39. The van der Waals surface area contributed by atoms with Gasteiger partial charge in [0.25, 0.3) is 5.91 Å². The standard InChI is InChI=1S/C17H21BrN2O4.ClH/c1-22-10-9-19-7-8-20-17(21)16-6-5-15(24-16)12-23-14-4-2-3-13(18)11-14;/h2-6,11,19H,7-10,12H2,1H3,(H,20,21);1H. The summed E-state index contributed by atoms with van der Waals surface area (Å²) in [6.07, 6.45) is 0. The van der Waals surface area contributed by atoms with Crippen LogP contribution in [0.3, 0.4) is 0 Å². The highest BCUT2D eigenvalue weighted by Gasteiger charge is 2.11. The number of furan rings is 1. The fourth-order valence-electron chi connectivity index (χ4n) is 1.94. The first-order valence-electron chi connectivity index (χ1n) is 7.64. The molecule has 2 rings (SSSR count). The van der Waals surface area contributed by atoms with Crippen molar-refractivity contribution in [2.75, 3.05) is 33.4 Å². The molecule has 0 bridgehead atoms. The molecule has 0 aliphatic rings. The Morgan fingerprint density at radius 2 is 2.04 bits per heavy atom. The molecule has 0 aliphatic carbocycles. The summed E-state index contributed by atoms with van der Waals surface area (Å²) in [4.78, 5) is 12.0. The zero-order valence-electron chi connectivity index (χ0n) is 13.9. The summed E-state index contributed by atoms with van der Waals surface area (Å²) in [5.41, 5.74) is 0. The second-order valence-corrected chi connectivity index (χ2v) is 5.93. The number of methoxy groups -OCH3 is 1. The zero-order valence-corrected chi connectivity index (χ0v) is 16.3. The van der Waals surface area contributed by atoms with Gasteiger partial charge in [0.1, 0.15) is 18.1 Å². The van der Waals surface area contributed by atoms with E-state index in [4.69, 9.17) is 13.9 Å². The Morgan fingerprint density at radius 1 is 1.20 bits per heavy atom. The molecule has 2 N–H and O–H groups in total. The van der Waals surface area contributed by atoms with Gasteiger partial charge in [-0.3, -0.25) is 4.79 Å². The maximum atomic E-state index is 12.0. The lowest BCUT2D eigenvalue weighted by molar-refractivity contribution is 0.0922. The van der Waals surface area contributed by atoms with Crippen LogP contribution < -0.4 is 15.4 Å². The largest absolute Gasteiger partial charge is 0.486 e. The van der Waals surface area contributed by atoms with Crippen molar-refractivity contribution in [3.05, 3.63) is 52.4 Å². The molecule has 0 saturated heterocycles. The highest BCUT2D eigenvalue weighted by molar-refractivity contribution is 9.10. The summed E-state index contributed by atoms with van der Waals surface area (Å²) in [6.45, 7) is 2.86. The Kier molecular flexibility index (Phi) is 10.3. The molecular weight excluding hydrogens is 412 g/mol. The van der Waals surface area contributed by atoms with Crippen LogP contribution in [-0.4, -0.2) is 39.3 Å². The summed E-state index contributed by atoms with van der Waals surface area (Å²) in [5, 5.41) is 5.93. The van der Waals surface area contributed by atoms with Gasteiger partial charge in [-0.05, 0) is 30.3 Å². The number of nitrogens with one attached hydrogen (secondary N) is 2. The van der Waals surface area contributed by atoms with Crippen molar-refractivity contribution in [2.24, 2.45) is 0 Å².